The molecule has 0 bridgehead atoms. The number of nitrogens with one attached hydrogen (secondary N) is 1. The van der Waals surface area contributed by atoms with Gasteiger partial charge in [-0.05, 0) is 47.9 Å². The predicted molar refractivity (Wildman–Crippen MR) is 109 cm³/mol. The first-order valence-corrected chi connectivity index (χ1v) is 9.55. The highest BCUT2D eigenvalue weighted by Gasteiger charge is 2.09. The third kappa shape index (κ3) is 5.08. The van der Waals surface area contributed by atoms with Crippen molar-refractivity contribution in [2.75, 3.05) is 19.0 Å². The number of aromatic nitrogens is 1. The lowest BCUT2D eigenvalue weighted by Gasteiger charge is -2.08. The van der Waals surface area contributed by atoms with Crippen LogP contribution in [0.1, 0.15) is 25.3 Å². The number of nitrogens with zero attached hydrogens (tertiary/aromatic N) is 1. The SMILES string of the molecule is COc1ccc(-c2csc(NC(=O)COc3ccc(C(C)C)cc3)n2)cc1. The molecule has 2 aromatic carbocycles. The van der Waals surface area contributed by atoms with E-state index in [0.717, 1.165) is 17.0 Å². The fourth-order valence-electron chi connectivity index (χ4n) is 2.48. The van der Waals surface area contributed by atoms with Gasteiger partial charge in [-0.15, -0.1) is 11.3 Å². The van der Waals surface area contributed by atoms with Gasteiger partial charge >= 0.3 is 0 Å². The van der Waals surface area contributed by atoms with Crippen LogP contribution in [0.2, 0.25) is 0 Å². The van der Waals surface area contributed by atoms with Crippen molar-refractivity contribution in [3.8, 4) is 22.8 Å². The lowest BCUT2D eigenvalue weighted by molar-refractivity contribution is -0.118. The number of thiazole rings is 1. The monoisotopic (exact) mass is 382 g/mol. The summed E-state index contributed by atoms with van der Waals surface area (Å²) in [6, 6.07) is 15.4. The highest BCUT2D eigenvalue weighted by Crippen LogP contribution is 2.26. The second-order valence-electron chi connectivity index (χ2n) is 6.33. The number of carbonyl (C=O) groups excluding carboxylic acids is 1. The molecule has 140 valence electrons. The van der Waals surface area contributed by atoms with Crippen molar-refractivity contribution in [2.45, 2.75) is 19.8 Å². The van der Waals surface area contributed by atoms with Gasteiger partial charge in [-0.25, -0.2) is 4.98 Å². The van der Waals surface area contributed by atoms with Crippen LogP contribution in [0.4, 0.5) is 5.13 Å². The Labute approximate surface area is 163 Å². The second-order valence-corrected chi connectivity index (χ2v) is 7.19. The summed E-state index contributed by atoms with van der Waals surface area (Å²) in [7, 11) is 1.63. The molecular weight excluding hydrogens is 360 g/mol. The van der Waals surface area contributed by atoms with E-state index in [4.69, 9.17) is 9.47 Å². The van der Waals surface area contributed by atoms with Crippen LogP contribution in [0.5, 0.6) is 11.5 Å². The number of benzene rings is 2. The fourth-order valence-corrected chi connectivity index (χ4v) is 3.21. The van der Waals surface area contributed by atoms with Crippen LogP contribution >= 0.6 is 11.3 Å². The lowest BCUT2D eigenvalue weighted by Crippen LogP contribution is -2.20. The van der Waals surface area contributed by atoms with Gasteiger partial charge in [0.15, 0.2) is 11.7 Å². The van der Waals surface area contributed by atoms with Gasteiger partial charge in [0.05, 0.1) is 12.8 Å². The van der Waals surface area contributed by atoms with Crippen molar-refractivity contribution in [2.24, 2.45) is 0 Å². The third-order valence-corrected chi connectivity index (χ3v) is 4.81. The topological polar surface area (TPSA) is 60.5 Å². The molecule has 5 nitrogen and oxygen atoms in total. The molecule has 0 aliphatic carbocycles. The molecule has 27 heavy (non-hydrogen) atoms. The smallest absolute Gasteiger partial charge is 0.264 e. The molecule has 3 rings (SSSR count). The minimum absolute atomic E-state index is 0.0571. The van der Waals surface area contributed by atoms with E-state index in [2.05, 4.69) is 24.1 Å². The van der Waals surface area contributed by atoms with Crippen LogP contribution in [0.15, 0.2) is 53.9 Å². The first-order chi connectivity index (χ1) is 13.0. The molecule has 6 heteroatoms. The first-order valence-electron chi connectivity index (χ1n) is 8.67. The number of carbonyl (C=O) groups is 1. The van der Waals surface area contributed by atoms with Crippen molar-refractivity contribution in [1.82, 2.24) is 4.98 Å². The van der Waals surface area contributed by atoms with Crippen molar-refractivity contribution in [1.29, 1.82) is 0 Å². The number of hydrogen-bond acceptors (Lipinski definition) is 5. The summed E-state index contributed by atoms with van der Waals surface area (Å²) in [5, 5.41) is 5.22. The van der Waals surface area contributed by atoms with Crippen molar-refractivity contribution < 1.29 is 14.3 Å². The van der Waals surface area contributed by atoms with Gasteiger partial charge in [-0.1, -0.05) is 26.0 Å². The van der Waals surface area contributed by atoms with E-state index in [1.54, 1.807) is 7.11 Å². The molecule has 0 fully saturated rings. The molecule has 1 amide bonds. The van der Waals surface area contributed by atoms with Crippen molar-refractivity contribution in [3.05, 3.63) is 59.5 Å². The maximum absolute atomic E-state index is 12.1. The minimum Gasteiger partial charge on any atom is -0.497 e. The maximum Gasteiger partial charge on any atom is 0.264 e. The number of methoxy groups -OCH3 is 1. The molecule has 0 aliphatic rings. The van der Waals surface area contributed by atoms with Gasteiger partial charge in [0, 0.05) is 10.9 Å². The Morgan fingerprint density at radius 1 is 1.07 bits per heavy atom. The predicted octanol–water partition coefficient (Wildman–Crippen LogP) is 4.96. The lowest BCUT2D eigenvalue weighted by atomic mass is 10.0. The summed E-state index contributed by atoms with van der Waals surface area (Å²) in [6.45, 7) is 4.22. The summed E-state index contributed by atoms with van der Waals surface area (Å²) >= 11 is 1.38. The standard InChI is InChI=1S/C21H22N2O3S/c1-14(2)15-4-10-18(11-5-15)26-12-20(24)23-21-22-19(13-27-21)16-6-8-17(25-3)9-7-16/h4-11,13-14H,12H2,1-3H3,(H,22,23,24). The minimum atomic E-state index is -0.237. The summed E-state index contributed by atoms with van der Waals surface area (Å²) in [4.78, 5) is 16.6. The largest absolute Gasteiger partial charge is 0.497 e. The van der Waals surface area contributed by atoms with Crippen LogP contribution in [0.3, 0.4) is 0 Å². The van der Waals surface area contributed by atoms with Gasteiger partial charge in [0.25, 0.3) is 5.91 Å². The number of rotatable bonds is 7. The average molecular weight is 382 g/mol. The number of ether oxygens (including phenoxy) is 2. The molecule has 3 aromatic rings. The Kier molecular flexibility index (Phi) is 6.08. The van der Waals surface area contributed by atoms with Crippen LogP contribution in [0.25, 0.3) is 11.3 Å². The van der Waals surface area contributed by atoms with Crippen LogP contribution in [-0.4, -0.2) is 24.6 Å². The zero-order valence-electron chi connectivity index (χ0n) is 15.6. The third-order valence-electron chi connectivity index (χ3n) is 4.05. The van der Waals surface area contributed by atoms with Gasteiger partial charge in [0.1, 0.15) is 11.5 Å². The molecule has 0 aliphatic heterocycles. The van der Waals surface area contributed by atoms with E-state index >= 15 is 0 Å². The van der Waals surface area contributed by atoms with E-state index in [1.165, 1.54) is 16.9 Å². The van der Waals surface area contributed by atoms with Crippen LogP contribution < -0.4 is 14.8 Å². The van der Waals surface area contributed by atoms with Crippen LogP contribution in [0, 0.1) is 0 Å². The first kappa shape index (κ1) is 18.9. The normalized spacial score (nSPS) is 10.7. The average Bonchev–Trinajstić information content (AvgIpc) is 3.15. The molecule has 1 N–H and O–H groups in total. The van der Waals surface area contributed by atoms with E-state index in [9.17, 15) is 4.79 Å². The Balaban J connectivity index is 1.54. The zero-order chi connectivity index (χ0) is 19.2. The summed E-state index contributed by atoms with van der Waals surface area (Å²) in [5.41, 5.74) is 3.01. The molecule has 1 aromatic heterocycles. The summed E-state index contributed by atoms with van der Waals surface area (Å²) in [6.07, 6.45) is 0. The molecule has 0 saturated carbocycles. The molecule has 0 spiro atoms. The number of hydrogen-bond donors (Lipinski definition) is 1. The van der Waals surface area contributed by atoms with Crippen LogP contribution in [-0.2, 0) is 4.79 Å². The molecule has 0 atom stereocenters. The second kappa shape index (κ2) is 8.68. The molecular formula is C21H22N2O3S. The zero-order valence-corrected chi connectivity index (χ0v) is 16.4. The van der Waals surface area contributed by atoms with Crippen molar-refractivity contribution in [3.63, 3.8) is 0 Å². The van der Waals surface area contributed by atoms with Gasteiger partial charge in [-0.3, -0.25) is 10.1 Å². The molecule has 1 heterocycles. The van der Waals surface area contributed by atoms with E-state index in [-0.39, 0.29) is 12.5 Å². The maximum atomic E-state index is 12.1. The highest BCUT2D eigenvalue weighted by molar-refractivity contribution is 7.14. The van der Waals surface area contributed by atoms with Gasteiger partial charge in [0.2, 0.25) is 0 Å². The van der Waals surface area contributed by atoms with Gasteiger partial charge < -0.3 is 9.47 Å². The molecule has 0 unspecified atom stereocenters. The molecule has 0 saturated heterocycles. The van der Waals surface area contributed by atoms with Gasteiger partial charge in [-0.2, -0.15) is 0 Å². The fraction of sp³-hybridized carbons (Fsp3) is 0.238. The Hall–Kier alpha value is -2.86. The molecule has 0 radical (unpaired) electrons. The number of amides is 1. The Morgan fingerprint density at radius 2 is 1.74 bits per heavy atom. The summed E-state index contributed by atoms with van der Waals surface area (Å²) in [5.74, 6) is 1.69. The number of anilines is 1. The Bertz CT molecular complexity index is 887. The van der Waals surface area contributed by atoms with E-state index in [1.807, 2.05) is 53.9 Å². The van der Waals surface area contributed by atoms with E-state index in [0.29, 0.717) is 16.8 Å². The Morgan fingerprint density at radius 3 is 2.37 bits per heavy atom. The highest BCUT2D eigenvalue weighted by atomic mass is 32.1. The summed E-state index contributed by atoms with van der Waals surface area (Å²) < 4.78 is 10.7. The quantitative estimate of drug-likeness (QED) is 0.627. The van der Waals surface area contributed by atoms with Crippen molar-refractivity contribution >= 4 is 22.4 Å². The van der Waals surface area contributed by atoms with E-state index < -0.39 is 0 Å².